The number of nitrogens with one attached hydrogen (secondary N) is 1. The Morgan fingerprint density at radius 1 is 1.33 bits per heavy atom. The van der Waals surface area contributed by atoms with Crippen LogP contribution in [0.1, 0.15) is 5.76 Å². The third-order valence-corrected chi connectivity index (χ3v) is 5.05. The molecule has 114 valence electrons. The Balaban J connectivity index is 2.33. The van der Waals surface area contributed by atoms with Crippen LogP contribution < -0.4 is 15.4 Å². The molecule has 8 heteroatoms. The summed E-state index contributed by atoms with van der Waals surface area (Å²) in [6.45, 7) is 0.129. The molecule has 0 aliphatic heterocycles. The Hall–Kier alpha value is -1.51. The SMILES string of the molecule is CN(C)c1cccc(NS(=O)(=O)c2cc(CN)oc2Br)c1. The Labute approximate surface area is 132 Å². The number of rotatable bonds is 5. The Morgan fingerprint density at radius 2 is 2.05 bits per heavy atom. The molecule has 1 heterocycles. The van der Waals surface area contributed by atoms with Gasteiger partial charge in [-0.15, -0.1) is 0 Å². The zero-order valence-electron chi connectivity index (χ0n) is 11.6. The van der Waals surface area contributed by atoms with Gasteiger partial charge in [-0.1, -0.05) is 6.07 Å². The molecule has 0 saturated carbocycles. The lowest BCUT2D eigenvalue weighted by Gasteiger charge is -2.14. The van der Waals surface area contributed by atoms with Gasteiger partial charge in [0.05, 0.1) is 12.2 Å². The van der Waals surface area contributed by atoms with Gasteiger partial charge in [-0.25, -0.2) is 8.42 Å². The predicted molar refractivity (Wildman–Crippen MR) is 85.9 cm³/mol. The van der Waals surface area contributed by atoms with Crippen molar-refractivity contribution in [3.8, 4) is 0 Å². The largest absolute Gasteiger partial charge is 0.452 e. The number of nitrogens with two attached hydrogens (primary N) is 1. The lowest BCUT2D eigenvalue weighted by Crippen LogP contribution is -2.14. The van der Waals surface area contributed by atoms with E-state index in [9.17, 15) is 8.42 Å². The molecule has 0 aliphatic rings. The van der Waals surface area contributed by atoms with Crippen molar-refractivity contribution in [1.29, 1.82) is 0 Å². The van der Waals surface area contributed by atoms with Gasteiger partial charge in [0.25, 0.3) is 10.0 Å². The van der Waals surface area contributed by atoms with E-state index >= 15 is 0 Å². The second-order valence-electron chi connectivity index (χ2n) is 4.61. The zero-order valence-corrected chi connectivity index (χ0v) is 14.0. The topological polar surface area (TPSA) is 88.6 Å². The number of nitrogens with zero attached hydrogens (tertiary/aromatic N) is 1. The van der Waals surface area contributed by atoms with E-state index in [1.54, 1.807) is 18.2 Å². The van der Waals surface area contributed by atoms with E-state index in [1.807, 2.05) is 25.1 Å². The van der Waals surface area contributed by atoms with Crippen LogP contribution in [0.4, 0.5) is 11.4 Å². The normalized spacial score (nSPS) is 11.4. The van der Waals surface area contributed by atoms with Crippen molar-refractivity contribution < 1.29 is 12.8 Å². The summed E-state index contributed by atoms with van der Waals surface area (Å²) in [7, 11) is 0.0251. The lowest BCUT2D eigenvalue weighted by atomic mass is 10.3. The highest BCUT2D eigenvalue weighted by atomic mass is 79.9. The predicted octanol–water partition coefficient (Wildman–Crippen LogP) is 2.37. The Kier molecular flexibility index (Phi) is 4.60. The van der Waals surface area contributed by atoms with E-state index in [0.29, 0.717) is 11.4 Å². The van der Waals surface area contributed by atoms with Crippen LogP contribution in [0, 0.1) is 0 Å². The van der Waals surface area contributed by atoms with Crippen LogP contribution in [-0.4, -0.2) is 22.5 Å². The van der Waals surface area contributed by atoms with E-state index in [4.69, 9.17) is 10.2 Å². The highest BCUT2D eigenvalue weighted by Gasteiger charge is 2.22. The molecule has 0 aliphatic carbocycles. The van der Waals surface area contributed by atoms with Crippen molar-refractivity contribution in [2.45, 2.75) is 11.4 Å². The number of sulfonamides is 1. The minimum Gasteiger partial charge on any atom is -0.452 e. The van der Waals surface area contributed by atoms with Crippen molar-refractivity contribution in [2.24, 2.45) is 5.73 Å². The van der Waals surface area contributed by atoms with Gasteiger partial charge in [-0.3, -0.25) is 4.72 Å². The Bertz CT molecular complexity index is 741. The molecule has 0 spiro atoms. The summed E-state index contributed by atoms with van der Waals surface area (Å²) in [5, 5.41) is 0. The molecule has 3 N–H and O–H groups in total. The highest BCUT2D eigenvalue weighted by molar-refractivity contribution is 9.10. The molecular formula is C13H16BrN3O3S. The molecule has 6 nitrogen and oxygen atoms in total. The first kappa shape index (κ1) is 15.9. The summed E-state index contributed by atoms with van der Waals surface area (Å²) >= 11 is 3.10. The molecule has 0 amide bonds. The molecule has 1 aromatic heterocycles. The fourth-order valence-electron chi connectivity index (χ4n) is 1.74. The van der Waals surface area contributed by atoms with Gasteiger partial charge in [0.2, 0.25) is 0 Å². The van der Waals surface area contributed by atoms with Crippen LogP contribution in [-0.2, 0) is 16.6 Å². The summed E-state index contributed by atoms with van der Waals surface area (Å²) in [6, 6.07) is 8.50. The first-order valence-electron chi connectivity index (χ1n) is 6.12. The maximum atomic E-state index is 12.4. The van der Waals surface area contributed by atoms with Gasteiger partial charge >= 0.3 is 0 Å². The lowest BCUT2D eigenvalue weighted by molar-refractivity contribution is 0.484. The van der Waals surface area contributed by atoms with Crippen LogP contribution in [0.15, 0.2) is 44.3 Å². The number of benzene rings is 1. The van der Waals surface area contributed by atoms with Crippen LogP contribution >= 0.6 is 15.9 Å². The summed E-state index contributed by atoms with van der Waals surface area (Å²) in [6.07, 6.45) is 0. The summed E-state index contributed by atoms with van der Waals surface area (Å²) in [4.78, 5) is 1.91. The first-order valence-corrected chi connectivity index (χ1v) is 8.39. The molecular weight excluding hydrogens is 358 g/mol. The van der Waals surface area contributed by atoms with Crippen LogP contribution in [0.5, 0.6) is 0 Å². The van der Waals surface area contributed by atoms with Gasteiger partial charge in [-0.2, -0.15) is 0 Å². The smallest absolute Gasteiger partial charge is 0.266 e. The molecule has 2 aromatic rings. The molecule has 0 bridgehead atoms. The second-order valence-corrected chi connectivity index (χ2v) is 6.98. The maximum absolute atomic E-state index is 12.4. The van der Waals surface area contributed by atoms with E-state index in [1.165, 1.54) is 6.07 Å². The number of halogens is 1. The molecule has 0 saturated heterocycles. The first-order chi connectivity index (χ1) is 9.83. The minimum atomic E-state index is -3.74. The van der Waals surface area contributed by atoms with Gasteiger partial charge in [0, 0.05) is 25.8 Å². The number of hydrogen-bond acceptors (Lipinski definition) is 5. The monoisotopic (exact) mass is 373 g/mol. The van der Waals surface area contributed by atoms with E-state index in [2.05, 4.69) is 20.7 Å². The molecule has 0 unspecified atom stereocenters. The van der Waals surface area contributed by atoms with Crippen LogP contribution in [0.2, 0.25) is 0 Å². The third-order valence-electron chi connectivity index (χ3n) is 2.81. The summed E-state index contributed by atoms with van der Waals surface area (Å²) < 4.78 is 32.6. The summed E-state index contributed by atoms with van der Waals surface area (Å²) in [5.41, 5.74) is 6.81. The zero-order chi connectivity index (χ0) is 15.6. The standard InChI is InChI=1S/C13H16BrN3O3S/c1-17(2)10-5-3-4-9(6-10)16-21(18,19)12-7-11(8-15)20-13(12)14/h3-7,16H,8,15H2,1-2H3. The van der Waals surface area contributed by atoms with E-state index in [-0.39, 0.29) is 16.1 Å². The fraction of sp³-hybridized carbons (Fsp3) is 0.231. The number of anilines is 2. The van der Waals surface area contributed by atoms with Crippen molar-refractivity contribution in [3.63, 3.8) is 0 Å². The van der Waals surface area contributed by atoms with E-state index < -0.39 is 10.0 Å². The summed E-state index contributed by atoms with van der Waals surface area (Å²) in [5.74, 6) is 0.393. The molecule has 2 rings (SSSR count). The van der Waals surface area contributed by atoms with Gasteiger partial charge in [-0.05, 0) is 34.1 Å². The number of furan rings is 1. The molecule has 21 heavy (non-hydrogen) atoms. The number of hydrogen-bond donors (Lipinski definition) is 2. The van der Waals surface area contributed by atoms with Crippen LogP contribution in [0.25, 0.3) is 0 Å². The van der Waals surface area contributed by atoms with Gasteiger partial charge in [0.15, 0.2) is 4.67 Å². The molecule has 1 aromatic carbocycles. The van der Waals surface area contributed by atoms with Crippen molar-refractivity contribution in [2.75, 3.05) is 23.7 Å². The third kappa shape index (κ3) is 3.58. The molecule has 0 radical (unpaired) electrons. The van der Waals surface area contributed by atoms with Crippen molar-refractivity contribution in [1.82, 2.24) is 0 Å². The van der Waals surface area contributed by atoms with Crippen molar-refractivity contribution in [3.05, 3.63) is 40.8 Å². The minimum absolute atomic E-state index is 0.0261. The highest BCUT2D eigenvalue weighted by Crippen LogP contribution is 2.28. The fourth-order valence-corrected chi connectivity index (χ4v) is 3.79. The van der Waals surface area contributed by atoms with Crippen LogP contribution in [0.3, 0.4) is 0 Å². The van der Waals surface area contributed by atoms with Gasteiger partial charge < -0.3 is 15.1 Å². The second kappa shape index (κ2) is 6.08. The Morgan fingerprint density at radius 3 is 2.62 bits per heavy atom. The van der Waals surface area contributed by atoms with E-state index in [0.717, 1.165) is 5.69 Å². The van der Waals surface area contributed by atoms with Gasteiger partial charge in [0.1, 0.15) is 10.7 Å². The van der Waals surface area contributed by atoms with Crippen molar-refractivity contribution >= 4 is 37.3 Å². The average molecular weight is 374 g/mol. The quantitative estimate of drug-likeness (QED) is 0.839. The maximum Gasteiger partial charge on any atom is 0.266 e. The average Bonchev–Trinajstić information content (AvgIpc) is 2.80. The molecule has 0 atom stereocenters. The molecule has 0 fully saturated rings.